The van der Waals surface area contributed by atoms with Crippen molar-refractivity contribution >= 4 is 11.6 Å². The van der Waals surface area contributed by atoms with Crippen molar-refractivity contribution in [3.8, 4) is 11.4 Å². The van der Waals surface area contributed by atoms with Gasteiger partial charge in [-0.05, 0) is 29.8 Å². The smallest absolute Gasteiger partial charge is 0.246 e. The summed E-state index contributed by atoms with van der Waals surface area (Å²) in [5.74, 6) is 0.817. The number of pyridine rings is 1. The molecule has 4 rings (SSSR count). The Bertz CT molecular complexity index is 1030. The van der Waals surface area contributed by atoms with E-state index in [1.165, 1.54) is 0 Å². The number of benzene rings is 1. The van der Waals surface area contributed by atoms with Gasteiger partial charge in [0.25, 0.3) is 0 Å². The quantitative estimate of drug-likeness (QED) is 0.567. The van der Waals surface area contributed by atoms with Gasteiger partial charge in [0.1, 0.15) is 6.54 Å². The molecule has 134 valence electrons. The second-order valence-electron chi connectivity index (χ2n) is 5.83. The molecule has 1 amide bonds. The van der Waals surface area contributed by atoms with Crippen molar-refractivity contribution in [3.63, 3.8) is 0 Å². The molecule has 0 bridgehead atoms. The summed E-state index contributed by atoms with van der Waals surface area (Å²) in [5, 5.41) is 11.0. The van der Waals surface area contributed by atoms with Gasteiger partial charge in [-0.1, -0.05) is 23.4 Å². The molecular formula is C19H16N6O2. The fraction of sp³-hybridized carbons (Fsp3) is 0.105. The van der Waals surface area contributed by atoms with Gasteiger partial charge in [-0.3, -0.25) is 14.5 Å². The highest BCUT2D eigenvalue weighted by atomic mass is 16.5. The highest BCUT2D eigenvalue weighted by molar-refractivity contribution is 5.91. The van der Waals surface area contributed by atoms with Crippen LogP contribution in [0.3, 0.4) is 0 Å². The van der Waals surface area contributed by atoms with Gasteiger partial charge in [-0.15, -0.1) is 0 Å². The molecule has 8 nitrogen and oxygen atoms in total. The van der Waals surface area contributed by atoms with E-state index in [0.717, 1.165) is 11.1 Å². The van der Waals surface area contributed by atoms with E-state index in [1.54, 1.807) is 35.5 Å². The first-order chi connectivity index (χ1) is 13.3. The van der Waals surface area contributed by atoms with Crippen molar-refractivity contribution in [2.75, 3.05) is 5.32 Å². The third kappa shape index (κ3) is 4.06. The molecule has 3 aromatic heterocycles. The predicted molar refractivity (Wildman–Crippen MR) is 97.6 cm³/mol. The lowest BCUT2D eigenvalue weighted by Crippen LogP contribution is -2.19. The molecule has 4 aromatic rings. The van der Waals surface area contributed by atoms with Gasteiger partial charge >= 0.3 is 0 Å². The zero-order valence-electron chi connectivity index (χ0n) is 14.3. The molecule has 1 N–H and O–H groups in total. The van der Waals surface area contributed by atoms with Crippen LogP contribution in [0.25, 0.3) is 11.4 Å². The Kier molecular flexibility index (Phi) is 4.69. The fourth-order valence-electron chi connectivity index (χ4n) is 2.64. The van der Waals surface area contributed by atoms with Crippen LogP contribution in [0.2, 0.25) is 0 Å². The van der Waals surface area contributed by atoms with Gasteiger partial charge in [0, 0.05) is 36.0 Å². The first-order valence-electron chi connectivity index (χ1n) is 8.36. The van der Waals surface area contributed by atoms with Crippen LogP contribution in [-0.2, 0) is 17.8 Å². The van der Waals surface area contributed by atoms with Crippen molar-refractivity contribution in [2.24, 2.45) is 0 Å². The molecule has 3 heterocycles. The maximum absolute atomic E-state index is 12.2. The topological polar surface area (TPSA) is 98.7 Å². The summed E-state index contributed by atoms with van der Waals surface area (Å²) >= 11 is 0. The van der Waals surface area contributed by atoms with E-state index in [0.29, 0.717) is 23.8 Å². The number of hydrogen-bond donors (Lipinski definition) is 1. The molecule has 0 aliphatic heterocycles. The monoisotopic (exact) mass is 360 g/mol. The molecular weight excluding hydrogens is 344 g/mol. The molecule has 0 atom stereocenters. The number of nitrogens with one attached hydrogen (secondary N) is 1. The first-order valence-corrected chi connectivity index (χ1v) is 8.36. The lowest BCUT2D eigenvalue weighted by Gasteiger charge is -2.09. The first kappa shape index (κ1) is 16.6. The van der Waals surface area contributed by atoms with Crippen LogP contribution in [0.1, 0.15) is 11.5 Å². The summed E-state index contributed by atoms with van der Waals surface area (Å²) in [6, 6.07) is 12.9. The fourth-order valence-corrected chi connectivity index (χ4v) is 2.64. The predicted octanol–water partition coefficient (Wildman–Crippen LogP) is 2.56. The SMILES string of the molecule is O=C(Cn1cccn1)Nc1ccccc1Cc1nc(-c2ccncc2)no1. The van der Waals surface area contributed by atoms with E-state index in [9.17, 15) is 4.79 Å². The Hall–Kier alpha value is -3.81. The molecule has 0 unspecified atom stereocenters. The van der Waals surface area contributed by atoms with E-state index in [-0.39, 0.29) is 12.5 Å². The largest absolute Gasteiger partial charge is 0.339 e. The number of anilines is 1. The summed E-state index contributed by atoms with van der Waals surface area (Å²) in [6.45, 7) is 0.147. The van der Waals surface area contributed by atoms with E-state index >= 15 is 0 Å². The summed E-state index contributed by atoms with van der Waals surface area (Å²) in [4.78, 5) is 20.6. The van der Waals surface area contributed by atoms with Crippen molar-refractivity contribution in [1.82, 2.24) is 24.9 Å². The number of nitrogens with zero attached hydrogens (tertiary/aromatic N) is 5. The molecule has 8 heteroatoms. The van der Waals surface area contributed by atoms with Crippen LogP contribution in [-0.4, -0.2) is 30.8 Å². The number of carbonyl (C=O) groups is 1. The van der Waals surface area contributed by atoms with E-state index < -0.39 is 0 Å². The van der Waals surface area contributed by atoms with Gasteiger partial charge < -0.3 is 9.84 Å². The van der Waals surface area contributed by atoms with E-state index in [2.05, 4.69) is 25.5 Å². The van der Waals surface area contributed by atoms with E-state index in [1.807, 2.05) is 36.4 Å². The molecule has 1 aromatic carbocycles. The Morgan fingerprint density at radius 3 is 2.74 bits per heavy atom. The van der Waals surface area contributed by atoms with Gasteiger partial charge in [-0.25, -0.2) is 0 Å². The summed E-state index contributed by atoms with van der Waals surface area (Å²) in [7, 11) is 0. The molecule has 0 saturated heterocycles. The second-order valence-corrected chi connectivity index (χ2v) is 5.83. The third-order valence-corrected chi connectivity index (χ3v) is 3.90. The van der Waals surface area contributed by atoms with Crippen LogP contribution in [0, 0.1) is 0 Å². The maximum atomic E-state index is 12.2. The van der Waals surface area contributed by atoms with Crippen molar-refractivity contribution < 1.29 is 9.32 Å². The Balaban J connectivity index is 1.48. The molecule has 27 heavy (non-hydrogen) atoms. The van der Waals surface area contributed by atoms with Crippen LogP contribution < -0.4 is 5.32 Å². The molecule has 0 saturated carbocycles. The minimum Gasteiger partial charge on any atom is -0.339 e. The molecule has 0 aliphatic carbocycles. The van der Waals surface area contributed by atoms with Crippen LogP contribution in [0.4, 0.5) is 5.69 Å². The molecule has 0 fully saturated rings. The summed E-state index contributed by atoms with van der Waals surface area (Å²) in [5.41, 5.74) is 2.43. The van der Waals surface area contributed by atoms with Gasteiger partial charge in [0.15, 0.2) is 0 Å². The standard InChI is InChI=1S/C19H16N6O2/c26-17(13-25-11-3-8-21-25)22-16-5-2-1-4-15(16)12-18-23-19(24-27-18)14-6-9-20-10-7-14/h1-11H,12-13H2,(H,22,26). The Morgan fingerprint density at radius 1 is 1.07 bits per heavy atom. The van der Waals surface area contributed by atoms with Gasteiger partial charge in [-0.2, -0.15) is 10.1 Å². The Labute approximate surface area is 154 Å². The number of carbonyl (C=O) groups excluding carboxylic acids is 1. The lowest BCUT2D eigenvalue weighted by molar-refractivity contribution is -0.116. The average molecular weight is 360 g/mol. The number of rotatable bonds is 6. The van der Waals surface area contributed by atoms with Crippen LogP contribution in [0.15, 0.2) is 71.8 Å². The zero-order chi connectivity index (χ0) is 18.5. The van der Waals surface area contributed by atoms with Crippen molar-refractivity contribution in [3.05, 3.63) is 78.7 Å². The van der Waals surface area contributed by atoms with Crippen molar-refractivity contribution in [2.45, 2.75) is 13.0 Å². The molecule has 0 radical (unpaired) electrons. The normalized spacial score (nSPS) is 10.7. The maximum Gasteiger partial charge on any atom is 0.246 e. The minimum atomic E-state index is -0.158. The van der Waals surface area contributed by atoms with Crippen molar-refractivity contribution in [1.29, 1.82) is 0 Å². The highest BCUT2D eigenvalue weighted by Crippen LogP contribution is 2.20. The van der Waals surface area contributed by atoms with Crippen LogP contribution >= 0.6 is 0 Å². The third-order valence-electron chi connectivity index (χ3n) is 3.90. The average Bonchev–Trinajstić information content (AvgIpc) is 3.36. The zero-order valence-corrected chi connectivity index (χ0v) is 14.3. The molecule has 0 spiro atoms. The highest BCUT2D eigenvalue weighted by Gasteiger charge is 2.13. The minimum absolute atomic E-state index is 0.147. The lowest BCUT2D eigenvalue weighted by atomic mass is 10.1. The number of aromatic nitrogens is 5. The summed E-state index contributed by atoms with van der Waals surface area (Å²) < 4.78 is 6.93. The van der Waals surface area contributed by atoms with Gasteiger partial charge in [0.2, 0.25) is 17.6 Å². The number of hydrogen-bond acceptors (Lipinski definition) is 6. The Morgan fingerprint density at radius 2 is 1.93 bits per heavy atom. The summed E-state index contributed by atoms with van der Waals surface area (Å²) in [6.07, 6.45) is 7.14. The number of amides is 1. The molecule has 0 aliphatic rings. The van der Waals surface area contributed by atoms with Gasteiger partial charge in [0.05, 0.1) is 6.42 Å². The number of para-hydroxylation sites is 1. The second kappa shape index (κ2) is 7.61. The van der Waals surface area contributed by atoms with Crippen LogP contribution in [0.5, 0.6) is 0 Å². The van der Waals surface area contributed by atoms with E-state index in [4.69, 9.17) is 4.52 Å².